The standard InChI is InChI=1S/C22H20FN3O2/c1-28-22-19(23)10-16(11-24-22)3-2-15-4-7-18(8-5-15)20-13-26-12-17(14-27)6-9-21(26)25-20/h4-5,7-8,10-11,13,17,27H,6,9,12,14H2,1H3. The number of rotatable bonds is 3. The number of ether oxygens (including phenoxy) is 1. The van der Waals surface area contributed by atoms with Gasteiger partial charge in [0.05, 0.1) is 12.8 Å². The van der Waals surface area contributed by atoms with Crippen LogP contribution in [0.4, 0.5) is 4.39 Å². The van der Waals surface area contributed by atoms with Gasteiger partial charge in [0.2, 0.25) is 5.88 Å². The van der Waals surface area contributed by atoms with E-state index in [1.165, 1.54) is 19.4 Å². The maximum Gasteiger partial charge on any atom is 0.250 e. The van der Waals surface area contributed by atoms with E-state index in [1.54, 1.807) is 0 Å². The van der Waals surface area contributed by atoms with Gasteiger partial charge in [-0.2, -0.15) is 0 Å². The van der Waals surface area contributed by atoms with Crippen LogP contribution < -0.4 is 4.74 Å². The fourth-order valence-corrected chi connectivity index (χ4v) is 3.32. The maximum atomic E-state index is 13.7. The van der Waals surface area contributed by atoms with Crippen molar-refractivity contribution in [3.8, 4) is 29.0 Å². The van der Waals surface area contributed by atoms with Crippen molar-refractivity contribution in [3.05, 3.63) is 65.5 Å². The first-order valence-corrected chi connectivity index (χ1v) is 9.15. The van der Waals surface area contributed by atoms with Crippen molar-refractivity contribution in [3.63, 3.8) is 0 Å². The molecule has 5 nitrogen and oxygen atoms in total. The van der Waals surface area contributed by atoms with Gasteiger partial charge >= 0.3 is 0 Å². The lowest BCUT2D eigenvalue weighted by molar-refractivity contribution is 0.190. The van der Waals surface area contributed by atoms with Gasteiger partial charge in [0.25, 0.3) is 0 Å². The van der Waals surface area contributed by atoms with Crippen LogP contribution in [0.2, 0.25) is 0 Å². The molecule has 1 aliphatic heterocycles. The number of aliphatic hydroxyl groups excluding tert-OH is 1. The Morgan fingerprint density at radius 3 is 2.75 bits per heavy atom. The van der Waals surface area contributed by atoms with Crippen molar-refractivity contribution >= 4 is 0 Å². The molecule has 4 rings (SSSR count). The molecule has 28 heavy (non-hydrogen) atoms. The van der Waals surface area contributed by atoms with Crippen molar-refractivity contribution in [2.24, 2.45) is 5.92 Å². The van der Waals surface area contributed by atoms with Gasteiger partial charge in [-0.1, -0.05) is 24.0 Å². The summed E-state index contributed by atoms with van der Waals surface area (Å²) in [4.78, 5) is 8.60. The monoisotopic (exact) mass is 377 g/mol. The highest BCUT2D eigenvalue weighted by molar-refractivity contribution is 5.60. The molecule has 1 aromatic carbocycles. The van der Waals surface area contributed by atoms with Crippen LogP contribution in [0.15, 0.2) is 42.7 Å². The summed E-state index contributed by atoms with van der Waals surface area (Å²) in [5.74, 6) is 6.73. The van der Waals surface area contributed by atoms with Gasteiger partial charge in [0.1, 0.15) is 5.82 Å². The molecule has 3 aromatic rings. The summed E-state index contributed by atoms with van der Waals surface area (Å²) in [7, 11) is 1.37. The molecule has 142 valence electrons. The van der Waals surface area contributed by atoms with Gasteiger partial charge in [-0.05, 0) is 24.6 Å². The van der Waals surface area contributed by atoms with Crippen molar-refractivity contribution < 1.29 is 14.2 Å². The molecule has 3 heterocycles. The van der Waals surface area contributed by atoms with Crippen LogP contribution in [0.25, 0.3) is 11.3 Å². The van der Waals surface area contributed by atoms with Gasteiger partial charge in [0, 0.05) is 54.6 Å². The first-order valence-electron chi connectivity index (χ1n) is 9.15. The molecule has 1 atom stereocenters. The van der Waals surface area contributed by atoms with Gasteiger partial charge in [0.15, 0.2) is 5.82 Å². The third-order valence-corrected chi connectivity index (χ3v) is 4.88. The van der Waals surface area contributed by atoms with Crippen LogP contribution in [0.5, 0.6) is 5.88 Å². The van der Waals surface area contributed by atoms with Crippen LogP contribution in [-0.2, 0) is 13.0 Å². The number of hydrogen-bond acceptors (Lipinski definition) is 4. The Morgan fingerprint density at radius 2 is 2.04 bits per heavy atom. The third kappa shape index (κ3) is 3.75. The predicted octanol–water partition coefficient (Wildman–Crippen LogP) is 3.05. The normalized spacial score (nSPS) is 15.5. The largest absolute Gasteiger partial charge is 0.479 e. The number of aromatic nitrogens is 3. The molecule has 0 fully saturated rings. The number of nitrogens with zero attached hydrogens (tertiary/aromatic N) is 3. The number of benzene rings is 1. The summed E-state index contributed by atoms with van der Waals surface area (Å²) in [6.07, 6.45) is 5.39. The SMILES string of the molecule is COc1ncc(C#Cc2ccc(-c3cn4c(n3)CCC(CO)C4)cc2)cc1F. The van der Waals surface area contributed by atoms with E-state index < -0.39 is 5.82 Å². The van der Waals surface area contributed by atoms with E-state index in [0.717, 1.165) is 42.0 Å². The Labute approximate surface area is 162 Å². The van der Waals surface area contributed by atoms with Crippen LogP contribution in [0, 0.1) is 23.6 Å². The number of pyridine rings is 1. The Kier molecular flexibility index (Phi) is 5.09. The number of hydrogen-bond donors (Lipinski definition) is 1. The lowest BCUT2D eigenvalue weighted by Crippen LogP contribution is -2.22. The second kappa shape index (κ2) is 7.83. The van der Waals surface area contributed by atoms with E-state index in [-0.39, 0.29) is 12.5 Å². The van der Waals surface area contributed by atoms with Crippen molar-refractivity contribution in [2.75, 3.05) is 13.7 Å². The zero-order valence-corrected chi connectivity index (χ0v) is 15.5. The summed E-state index contributed by atoms with van der Waals surface area (Å²) in [6, 6.07) is 9.11. The molecular weight excluding hydrogens is 357 g/mol. The summed E-state index contributed by atoms with van der Waals surface area (Å²) >= 11 is 0. The molecule has 0 radical (unpaired) electrons. The highest BCUT2D eigenvalue weighted by atomic mass is 19.1. The lowest BCUT2D eigenvalue weighted by atomic mass is 10.0. The minimum atomic E-state index is -0.531. The van der Waals surface area contributed by atoms with Crippen LogP contribution >= 0.6 is 0 Å². The molecule has 2 aromatic heterocycles. The molecule has 0 bridgehead atoms. The first-order chi connectivity index (χ1) is 13.7. The van der Waals surface area contributed by atoms with E-state index >= 15 is 0 Å². The highest BCUT2D eigenvalue weighted by Crippen LogP contribution is 2.25. The molecule has 0 saturated carbocycles. The third-order valence-electron chi connectivity index (χ3n) is 4.88. The summed E-state index contributed by atoms with van der Waals surface area (Å²) < 4.78 is 20.6. The zero-order valence-electron chi connectivity index (χ0n) is 15.5. The molecule has 0 saturated heterocycles. The molecule has 0 aliphatic carbocycles. The number of aliphatic hydroxyl groups is 1. The minimum absolute atomic E-state index is 0.0389. The van der Waals surface area contributed by atoms with Crippen molar-refractivity contribution in [1.82, 2.24) is 14.5 Å². The number of aryl methyl sites for hydroxylation is 1. The zero-order chi connectivity index (χ0) is 19.5. The smallest absolute Gasteiger partial charge is 0.250 e. The first kappa shape index (κ1) is 18.2. The molecule has 0 spiro atoms. The molecule has 0 amide bonds. The van der Waals surface area contributed by atoms with E-state index in [0.29, 0.717) is 11.5 Å². The Bertz CT molecular complexity index is 1050. The van der Waals surface area contributed by atoms with Crippen molar-refractivity contribution in [2.45, 2.75) is 19.4 Å². The molecule has 6 heteroatoms. The van der Waals surface area contributed by atoms with Gasteiger partial charge in [-0.25, -0.2) is 14.4 Å². The van der Waals surface area contributed by atoms with E-state index in [2.05, 4.69) is 21.4 Å². The van der Waals surface area contributed by atoms with Gasteiger partial charge in [-0.15, -0.1) is 0 Å². The molecule has 1 aliphatic rings. The summed E-state index contributed by atoms with van der Waals surface area (Å²) in [6.45, 7) is 1.03. The lowest BCUT2D eigenvalue weighted by Gasteiger charge is -2.21. The Balaban J connectivity index is 1.51. The average Bonchev–Trinajstić information content (AvgIpc) is 3.16. The fourth-order valence-electron chi connectivity index (χ4n) is 3.32. The van der Waals surface area contributed by atoms with Crippen LogP contribution in [0.1, 0.15) is 23.4 Å². The Hall–Kier alpha value is -3.17. The second-order valence-corrected chi connectivity index (χ2v) is 6.82. The summed E-state index contributed by atoms with van der Waals surface area (Å²) in [5, 5.41) is 9.37. The van der Waals surface area contributed by atoms with Crippen molar-refractivity contribution in [1.29, 1.82) is 0 Å². The number of fused-ring (bicyclic) bond motifs is 1. The highest BCUT2D eigenvalue weighted by Gasteiger charge is 2.20. The molecule has 1 N–H and O–H groups in total. The van der Waals surface area contributed by atoms with Gasteiger partial charge < -0.3 is 14.4 Å². The van der Waals surface area contributed by atoms with Gasteiger partial charge in [-0.3, -0.25) is 0 Å². The Morgan fingerprint density at radius 1 is 1.25 bits per heavy atom. The predicted molar refractivity (Wildman–Crippen MR) is 103 cm³/mol. The quantitative estimate of drug-likeness (QED) is 0.713. The van der Waals surface area contributed by atoms with Crippen LogP contribution in [-0.4, -0.2) is 33.4 Å². The van der Waals surface area contributed by atoms with E-state index in [9.17, 15) is 9.50 Å². The van der Waals surface area contributed by atoms with E-state index in [4.69, 9.17) is 9.72 Å². The average molecular weight is 377 g/mol. The number of imidazole rings is 1. The summed E-state index contributed by atoms with van der Waals surface area (Å²) in [5.41, 5.74) is 3.26. The second-order valence-electron chi connectivity index (χ2n) is 6.82. The topological polar surface area (TPSA) is 60.2 Å². The molecule has 1 unspecified atom stereocenters. The van der Waals surface area contributed by atoms with Crippen LogP contribution in [0.3, 0.4) is 0 Å². The molecular formula is C22H20FN3O2. The maximum absolute atomic E-state index is 13.7. The number of methoxy groups -OCH3 is 1. The number of halogens is 1. The fraction of sp³-hybridized carbons (Fsp3) is 0.273. The van der Waals surface area contributed by atoms with E-state index in [1.807, 2.05) is 30.5 Å². The minimum Gasteiger partial charge on any atom is -0.479 e.